The van der Waals surface area contributed by atoms with Gasteiger partial charge in [-0.25, -0.2) is 4.39 Å². The Labute approximate surface area is 138 Å². The van der Waals surface area contributed by atoms with Gasteiger partial charge in [-0.1, -0.05) is 23.2 Å². The van der Waals surface area contributed by atoms with Crippen molar-refractivity contribution in [1.82, 2.24) is 0 Å². The lowest BCUT2D eigenvalue weighted by Gasteiger charge is -2.16. The van der Waals surface area contributed by atoms with E-state index in [1.807, 2.05) is 0 Å². The first-order valence-electron chi connectivity index (χ1n) is 6.55. The van der Waals surface area contributed by atoms with Crippen LogP contribution in [0.15, 0.2) is 36.4 Å². The van der Waals surface area contributed by atoms with E-state index in [-0.39, 0.29) is 11.7 Å². The van der Waals surface area contributed by atoms with Crippen molar-refractivity contribution in [3.05, 3.63) is 57.8 Å². The van der Waals surface area contributed by atoms with Gasteiger partial charge in [-0.15, -0.1) is 0 Å². The van der Waals surface area contributed by atoms with Crippen LogP contribution in [-0.2, 0) is 4.79 Å². The molecule has 2 rings (SSSR count). The quantitative estimate of drug-likeness (QED) is 0.863. The highest BCUT2D eigenvalue weighted by Crippen LogP contribution is 2.28. The number of aryl methyl sites for hydroxylation is 1. The molecule has 1 amide bonds. The van der Waals surface area contributed by atoms with Crippen LogP contribution in [-0.4, -0.2) is 12.0 Å². The van der Waals surface area contributed by atoms with Crippen molar-refractivity contribution in [2.75, 3.05) is 5.32 Å². The number of benzene rings is 2. The van der Waals surface area contributed by atoms with E-state index < -0.39 is 6.10 Å². The predicted octanol–water partition coefficient (Wildman–Crippen LogP) is 4.85. The zero-order valence-corrected chi connectivity index (χ0v) is 13.5. The topological polar surface area (TPSA) is 38.3 Å². The maximum Gasteiger partial charge on any atom is 0.265 e. The van der Waals surface area contributed by atoms with Crippen LogP contribution in [0.3, 0.4) is 0 Å². The number of hydrogen-bond donors (Lipinski definition) is 1. The maximum atomic E-state index is 13.0. The molecule has 116 valence electrons. The summed E-state index contributed by atoms with van der Waals surface area (Å²) in [6.45, 7) is 3.30. The first-order chi connectivity index (χ1) is 10.4. The van der Waals surface area contributed by atoms with Crippen molar-refractivity contribution in [1.29, 1.82) is 0 Å². The van der Waals surface area contributed by atoms with Gasteiger partial charge in [0.15, 0.2) is 6.10 Å². The summed E-state index contributed by atoms with van der Waals surface area (Å²) in [6, 6.07) is 8.88. The Morgan fingerprint density at radius 2 is 1.95 bits per heavy atom. The van der Waals surface area contributed by atoms with Gasteiger partial charge in [0.2, 0.25) is 0 Å². The largest absolute Gasteiger partial charge is 0.479 e. The summed E-state index contributed by atoms with van der Waals surface area (Å²) in [5.74, 6) is -0.349. The summed E-state index contributed by atoms with van der Waals surface area (Å²) in [4.78, 5) is 12.1. The fraction of sp³-hybridized carbons (Fsp3) is 0.188. The minimum absolute atomic E-state index is 0.324. The number of amides is 1. The zero-order chi connectivity index (χ0) is 16.3. The van der Waals surface area contributed by atoms with Gasteiger partial charge in [0.25, 0.3) is 5.91 Å². The van der Waals surface area contributed by atoms with Crippen LogP contribution >= 0.6 is 23.2 Å². The molecule has 0 heterocycles. The van der Waals surface area contributed by atoms with Gasteiger partial charge >= 0.3 is 0 Å². The van der Waals surface area contributed by atoms with Crippen LogP contribution in [0.1, 0.15) is 12.5 Å². The number of carbonyl (C=O) groups excluding carboxylic acids is 1. The van der Waals surface area contributed by atoms with E-state index in [0.29, 0.717) is 27.0 Å². The Morgan fingerprint density at radius 1 is 1.23 bits per heavy atom. The Balaban J connectivity index is 2.05. The number of halogens is 3. The molecule has 2 aromatic carbocycles. The minimum Gasteiger partial charge on any atom is -0.479 e. The standard InChI is InChI=1S/C16H14Cl2FNO2/c1-9-7-12(19)4-5-14(9)20-16(21)10(2)22-15-6-3-11(17)8-13(15)18/h3-8,10H,1-2H3,(H,20,21). The monoisotopic (exact) mass is 341 g/mol. The number of ether oxygens (including phenoxy) is 1. The van der Waals surface area contributed by atoms with Crippen LogP contribution in [0.4, 0.5) is 10.1 Å². The van der Waals surface area contributed by atoms with E-state index in [0.717, 1.165) is 0 Å². The van der Waals surface area contributed by atoms with Crippen molar-refractivity contribution in [3.8, 4) is 5.75 Å². The highest BCUT2D eigenvalue weighted by Gasteiger charge is 2.17. The van der Waals surface area contributed by atoms with Gasteiger partial charge in [-0.05, 0) is 55.8 Å². The lowest BCUT2D eigenvalue weighted by molar-refractivity contribution is -0.122. The van der Waals surface area contributed by atoms with Crippen molar-refractivity contribution in [2.45, 2.75) is 20.0 Å². The van der Waals surface area contributed by atoms with E-state index in [4.69, 9.17) is 27.9 Å². The summed E-state index contributed by atoms with van der Waals surface area (Å²) in [7, 11) is 0. The lowest BCUT2D eigenvalue weighted by atomic mass is 10.2. The summed E-state index contributed by atoms with van der Waals surface area (Å²) < 4.78 is 18.6. The molecule has 1 N–H and O–H groups in total. The second-order valence-electron chi connectivity index (χ2n) is 4.78. The van der Waals surface area contributed by atoms with E-state index in [1.54, 1.807) is 26.0 Å². The molecule has 1 unspecified atom stereocenters. The van der Waals surface area contributed by atoms with Gasteiger partial charge in [0.1, 0.15) is 11.6 Å². The number of hydrogen-bond acceptors (Lipinski definition) is 2. The van der Waals surface area contributed by atoms with Gasteiger partial charge in [-0.3, -0.25) is 4.79 Å². The Kier molecular flexibility index (Phi) is 5.27. The molecule has 6 heteroatoms. The van der Waals surface area contributed by atoms with Gasteiger partial charge in [0, 0.05) is 10.7 Å². The first kappa shape index (κ1) is 16.6. The van der Waals surface area contributed by atoms with E-state index in [2.05, 4.69) is 5.32 Å². The molecule has 0 saturated carbocycles. The normalized spacial score (nSPS) is 11.9. The summed E-state index contributed by atoms with van der Waals surface area (Å²) in [5.41, 5.74) is 1.16. The predicted molar refractivity (Wildman–Crippen MR) is 86.3 cm³/mol. The fourth-order valence-corrected chi connectivity index (χ4v) is 2.27. The van der Waals surface area contributed by atoms with Crippen LogP contribution in [0, 0.1) is 12.7 Å². The van der Waals surface area contributed by atoms with Gasteiger partial charge in [0.05, 0.1) is 5.02 Å². The van der Waals surface area contributed by atoms with E-state index in [1.165, 1.54) is 24.3 Å². The third kappa shape index (κ3) is 4.12. The average molecular weight is 342 g/mol. The molecule has 0 fully saturated rings. The Bertz CT molecular complexity index is 707. The molecule has 0 aliphatic heterocycles. The second-order valence-corrected chi connectivity index (χ2v) is 5.63. The lowest BCUT2D eigenvalue weighted by Crippen LogP contribution is -2.30. The summed E-state index contributed by atoms with van der Waals surface area (Å²) in [6.07, 6.45) is -0.775. The van der Waals surface area contributed by atoms with Crippen molar-refractivity contribution < 1.29 is 13.9 Å². The third-order valence-electron chi connectivity index (χ3n) is 3.01. The second kappa shape index (κ2) is 6.99. The smallest absolute Gasteiger partial charge is 0.265 e. The number of anilines is 1. The molecule has 3 nitrogen and oxygen atoms in total. The van der Waals surface area contributed by atoms with Crippen LogP contribution in [0.5, 0.6) is 5.75 Å². The molecular formula is C16H14Cl2FNO2. The third-order valence-corrected chi connectivity index (χ3v) is 3.54. The highest BCUT2D eigenvalue weighted by atomic mass is 35.5. The van der Waals surface area contributed by atoms with E-state index >= 15 is 0 Å². The number of carbonyl (C=O) groups is 1. The Morgan fingerprint density at radius 3 is 2.59 bits per heavy atom. The van der Waals surface area contributed by atoms with Gasteiger partial charge in [-0.2, -0.15) is 0 Å². The average Bonchev–Trinajstić information content (AvgIpc) is 2.44. The molecule has 0 spiro atoms. The van der Waals surface area contributed by atoms with Crippen LogP contribution < -0.4 is 10.1 Å². The van der Waals surface area contributed by atoms with Crippen LogP contribution in [0.25, 0.3) is 0 Å². The molecule has 22 heavy (non-hydrogen) atoms. The maximum absolute atomic E-state index is 13.0. The van der Waals surface area contributed by atoms with Gasteiger partial charge < -0.3 is 10.1 Å². The summed E-state index contributed by atoms with van der Waals surface area (Å²) >= 11 is 11.8. The molecule has 0 aromatic heterocycles. The fourth-order valence-electron chi connectivity index (χ4n) is 1.82. The molecule has 2 aromatic rings. The molecule has 0 aliphatic rings. The van der Waals surface area contributed by atoms with Crippen molar-refractivity contribution >= 4 is 34.8 Å². The molecule has 1 atom stereocenters. The highest BCUT2D eigenvalue weighted by molar-refractivity contribution is 6.35. The van der Waals surface area contributed by atoms with Crippen molar-refractivity contribution in [2.24, 2.45) is 0 Å². The Hall–Kier alpha value is -1.78. The van der Waals surface area contributed by atoms with Crippen LogP contribution in [0.2, 0.25) is 10.0 Å². The first-order valence-corrected chi connectivity index (χ1v) is 7.31. The molecule has 0 aliphatic carbocycles. The van der Waals surface area contributed by atoms with Crippen molar-refractivity contribution in [3.63, 3.8) is 0 Å². The minimum atomic E-state index is -0.775. The zero-order valence-electron chi connectivity index (χ0n) is 12.0. The summed E-state index contributed by atoms with van der Waals surface area (Å²) in [5, 5.41) is 3.50. The number of nitrogens with one attached hydrogen (secondary N) is 1. The molecule has 0 radical (unpaired) electrons. The number of rotatable bonds is 4. The molecule has 0 bridgehead atoms. The van der Waals surface area contributed by atoms with E-state index in [9.17, 15) is 9.18 Å². The molecule has 0 saturated heterocycles. The SMILES string of the molecule is Cc1cc(F)ccc1NC(=O)C(C)Oc1ccc(Cl)cc1Cl. The molecular weight excluding hydrogens is 328 g/mol.